The zero-order chi connectivity index (χ0) is 23.3. The Labute approximate surface area is 213 Å². The minimum Gasteiger partial charge on any atom is -0.872 e. The molecule has 0 atom stereocenters. The van der Waals surface area contributed by atoms with Crippen LogP contribution in [0.25, 0.3) is 0 Å². The number of hydrogen-bond donors (Lipinski definition) is 1. The molecule has 0 aliphatic carbocycles. The summed E-state index contributed by atoms with van der Waals surface area (Å²) in [7, 11) is -1.52. The second-order valence-corrected chi connectivity index (χ2v) is 7.93. The van der Waals surface area contributed by atoms with E-state index in [-0.39, 0.29) is 51.6 Å². The van der Waals surface area contributed by atoms with Gasteiger partial charge < -0.3 is 14.6 Å². The minimum atomic E-state index is -4.41. The van der Waals surface area contributed by atoms with Crippen LogP contribution in [0.3, 0.4) is 0 Å². The van der Waals surface area contributed by atoms with Gasteiger partial charge in [0.25, 0.3) is 10.1 Å². The summed E-state index contributed by atoms with van der Waals surface area (Å²) in [5.41, 5.74) is 2.11. The van der Waals surface area contributed by atoms with E-state index in [0.29, 0.717) is 28.4 Å². The number of azo groups is 2. The normalized spacial score (nSPS) is 11.5. The number of aryl methyl sites for hydroxylation is 1. The monoisotopic (exact) mass is 478 g/mol. The Bertz CT molecular complexity index is 1290. The van der Waals surface area contributed by atoms with Gasteiger partial charge in [0.15, 0.2) is 0 Å². The van der Waals surface area contributed by atoms with Crippen molar-refractivity contribution in [3.05, 3.63) is 60.2 Å². The molecule has 3 aromatic rings. The average molecular weight is 478 g/mol. The first kappa shape index (κ1) is 26.4. The van der Waals surface area contributed by atoms with Crippen molar-refractivity contribution >= 4 is 32.9 Å². The first-order valence-corrected chi connectivity index (χ1v) is 10.6. The molecule has 0 spiro atoms. The molecule has 10 nitrogen and oxygen atoms in total. The number of rotatable bonds is 7. The van der Waals surface area contributed by atoms with Gasteiger partial charge in [-0.3, -0.25) is 4.55 Å². The molecule has 3 aromatic carbocycles. The van der Waals surface area contributed by atoms with E-state index in [4.69, 9.17) is 9.47 Å². The topological polar surface area (TPSA) is 145 Å². The van der Waals surface area contributed by atoms with Crippen molar-refractivity contribution < 1.29 is 57.1 Å². The van der Waals surface area contributed by atoms with Gasteiger partial charge in [0.05, 0.1) is 30.5 Å². The van der Waals surface area contributed by atoms with Crippen LogP contribution in [0.5, 0.6) is 17.2 Å². The van der Waals surface area contributed by atoms with E-state index in [9.17, 15) is 18.1 Å². The third-order valence-corrected chi connectivity index (χ3v) is 5.17. The predicted molar refractivity (Wildman–Crippen MR) is 115 cm³/mol. The number of nitrogens with zero attached hydrogens (tertiary/aromatic N) is 4. The second-order valence-electron chi connectivity index (χ2n) is 6.51. The van der Waals surface area contributed by atoms with Crippen LogP contribution < -0.4 is 44.1 Å². The second kappa shape index (κ2) is 11.3. The number of benzene rings is 3. The number of ether oxygens (including phenoxy) is 2. The van der Waals surface area contributed by atoms with E-state index in [1.165, 1.54) is 38.5 Å². The van der Waals surface area contributed by atoms with Crippen LogP contribution in [0, 0.1) is 6.92 Å². The quantitative estimate of drug-likeness (QED) is 0.313. The van der Waals surface area contributed by atoms with Crippen LogP contribution >= 0.6 is 0 Å². The van der Waals surface area contributed by atoms with E-state index in [1.54, 1.807) is 31.2 Å². The van der Waals surface area contributed by atoms with Gasteiger partial charge in [0, 0.05) is 0 Å². The van der Waals surface area contributed by atoms with Crippen molar-refractivity contribution in [3.8, 4) is 17.2 Å². The molecule has 0 aliphatic rings. The van der Waals surface area contributed by atoms with Gasteiger partial charge in [-0.25, -0.2) is 0 Å². The zero-order valence-corrected chi connectivity index (χ0v) is 21.2. The summed E-state index contributed by atoms with van der Waals surface area (Å²) in [5, 5.41) is 27.8. The van der Waals surface area contributed by atoms with Crippen LogP contribution in [0.4, 0.5) is 22.7 Å². The molecule has 0 amide bonds. The van der Waals surface area contributed by atoms with Gasteiger partial charge in [-0.2, -0.15) is 18.6 Å². The Balaban J connectivity index is 0.00000385. The fourth-order valence-electron chi connectivity index (χ4n) is 2.65. The van der Waals surface area contributed by atoms with Gasteiger partial charge in [0.1, 0.15) is 22.9 Å². The summed E-state index contributed by atoms with van der Waals surface area (Å²) in [6.07, 6.45) is 0. The molecule has 0 saturated carbocycles. The van der Waals surface area contributed by atoms with Crippen molar-refractivity contribution in [3.63, 3.8) is 0 Å². The van der Waals surface area contributed by atoms with E-state index in [2.05, 4.69) is 20.5 Å². The predicted octanol–water partition coefficient (Wildman–Crippen LogP) is 2.17. The molecule has 0 aliphatic heterocycles. The van der Waals surface area contributed by atoms with Crippen LogP contribution in [0.2, 0.25) is 0 Å². The summed E-state index contributed by atoms with van der Waals surface area (Å²) in [4.78, 5) is -0.336. The summed E-state index contributed by atoms with van der Waals surface area (Å²) < 4.78 is 42.7. The van der Waals surface area contributed by atoms with Gasteiger partial charge in [-0.05, 0) is 55.0 Å². The van der Waals surface area contributed by atoms with E-state index in [1.807, 2.05) is 0 Å². The molecule has 12 heteroatoms. The fourth-order valence-corrected chi connectivity index (χ4v) is 3.15. The minimum absolute atomic E-state index is 0. The molecule has 166 valence electrons. The number of methoxy groups -OCH3 is 2. The molecule has 0 radical (unpaired) electrons. The third kappa shape index (κ3) is 6.83. The van der Waals surface area contributed by atoms with E-state index >= 15 is 0 Å². The molecule has 1 N–H and O–H groups in total. The molecule has 33 heavy (non-hydrogen) atoms. The molecule has 0 heterocycles. The van der Waals surface area contributed by atoms with Crippen molar-refractivity contribution in [1.29, 1.82) is 0 Å². The van der Waals surface area contributed by atoms with Gasteiger partial charge in [-0.1, -0.05) is 12.1 Å². The molecule has 3 rings (SSSR count). The zero-order valence-electron chi connectivity index (χ0n) is 18.4. The van der Waals surface area contributed by atoms with Crippen molar-refractivity contribution in [2.45, 2.75) is 11.8 Å². The van der Waals surface area contributed by atoms with Crippen LogP contribution in [-0.2, 0) is 10.1 Å². The molecule has 0 unspecified atom stereocenters. The average Bonchev–Trinajstić information content (AvgIpc) is 2.77. The molecule has 0 bridgehead atoms. The smallest absolute Gasteiger partial charge is 0.872 e. The Kier molecular flexibility index (Phi) is 9.08. The largest absolute Gasteiger partial charge is 1.00 e. The Hall–Kier alpha value is -2.83. The maximum Gasteiger partial charge on any atom is 1.00 e. The molecule has 0 fully saturated rings. The number of hydrogen-bond acceptors (Lipinski definition) is 9. The fraction of sp³-hybridized carbons (Fsp3) is 0.143. The van der Waals surface area contributed by atoms with Crippen LogP contribution in [-0.4, -0.2) is 27.2 Å². The molecule has 0 saturated heterocycles. The first-order valence-electron chi connectivity index (χ1n) is 9.16. The summed E-state index contributed by atoms with van der Waals surface area (Å²) in [6.45, 7) is 1.79. The Morgan fingerprint density at radius 2 is 1.36 bits per heavy atom. The summed E-state index contributed by atoms with van der Waals surface area (Å²) >= 11 is 0. The van der Waals surface area contributed by atoms with Crippen LogP contribution in [0.15, 0.2) is 79.9 Å². The summed E-state index contributed by atoms with van der Waals surface area (Å²) in [5.74, 6) is 0.596. The standard InChI is InChI=1S/C21H20N4O6S.Na/c1-13-10-21(31-3)19(24-22-14-4-6-15(26)7-5-14)12-17(13)23-25-18-11-16(32(27,28)29)8-9-20(18)30-2;/h4-12,26H,1-3H3,(H,27,28,29);/q;+1/p-1. The SMILES string of the molecule is COc1cc(C)c(N=Nc2cc(S(=O)(=O)O)ccc2OC)cc1N=Nc1ccc([O-])cc1.[Na+]. The first-order chi connectivity index (χ1) is 15.2. The maximum absolute atomic E-state index is 11.4. The third-order valence-electron chi connectivity index (χ3n) is 4.32. The van der Waals surface area contributed by atoms with Gasteiger partial charge in [-0.15, -0.1) is 16.0 Å². The Morgan fingerprint density at radius 1 is 0.788 bits per heavy atom. The summed E-state index contributed by atoms with van der Waals surface area (Å²) in [6, 6.07) is 12.9. The van der Waals surface area contributed by atoms with E-state index < -0.39 is 10.1 Å². The Morgan fingerprint density at radius 3 is 1.97 bits per heavy atom. The van der Waals surface area contributed by atoms with Crippen molar-refractivity contribution in [2.75, 3.05) is 14.2 Å². The van der Waals surface area contributed by atoms with Crippen molar-refractivity contribution in [1.82, 2.24) is 0 Å². The van der Waals surface area contributed by atoms with Gasteiger partial charge >= 0.3 is 29.6 Å². The molecular weight excluding hydrogens is 459 g/mol. The van der Waals surface area contributed by atoms with Crippen molar-refractivity contribution in [2.24, 2.45) is 20.5 Å². The van der Waals surface area contributed by atoms with Gasteiger partial charge in [0.2, 0.25) is 0 Å². The van der Waals surface area contributed by atoms with E-state index in [0.717, 1.165) is 6.07 Å². The van der Waals surface area contributed by atoms with Crippen LogP contribution in [0.1, 0.15) is 5.56 Å². The molecule has 0 aromatic heterocycles. The molecular formula is C21H19N4NaO6S. The maximum atomic E-state index is 11.4.